The monoisotopic (exact) mass is 301 g/mol. The SMILES string of the molecule is CC(C)(CN1CCc2ccccc2C1)C(=O)N1CCNCC1. The standard InChI is InChI=1S/C18H27N3O/c1-18(2,17(22)21-11-8-19-9-12-21)14-20-10-7-15-5-3-4-6-16(15)13-20/h3-6,19H,7-14H2,1-2H3. The fourth-order valence-corrected chi connectivity index (χ4v) is 3.61. The Kier molecular flexibility index (Phi) is 4.50. The number of nitrogens with one attached hydrogen (secondary N) is 1. The molecular weight excluding hydrogens is 274 g/mol. The molecule has 3 rings (SSSR count). The zero-order valence-corrected chi connectivity index (χ0v) is 13.8. The Hall–Kier alpha value is -1.39. The maximum atomic E-state index is 12.8. The van der Waals surface area contributed by atoms with Crippen molar-refractivity contribution in [2.75, 3.05) is 39.3 Å². The molecule has 4 heteroatoms. The van der Waals surface area contributed by atoms with E-state index in [0.29, 0.717) is 5.91 Å². The third-order valence-corrected chi connectivity index (χ3v) is 4.81. The predicted molar refractivity (Wildman–Crippen MR) is 88.7 cm³/mol. The molecule has 22 heavy (non-hydrogen) atoms. The molecule has 1 fully saturated rings. The Balaban J connectivity index is 1.63. The Morgan fingerprint density at radius 1 is 1.14 bits per heavy atom. The number of hydrogen-bond donors (Lipinski definition) is 1. The summed E-state index contributed by atoms with van der Waals surface area (Å²) < 4.78 is 0. The van der Waals surface area contributed by atoms with Crippen LogP contribution in [0, 0.1) is 5.41 Å². The van der Waals surface area contributed by atoms with Crippen LogP contribution in [0.25, 0.3) is 0 Å². The smallest absolute Gasteiger partial charge is 0.229 e. The first-order chi connectivity index (χ1) is 10.6. The van der Waals surface area contributed by atoms with E-state index in [9.17, 15) is 4.79 Å². The van der Waals surface area contributed by atoms with Gasteiger partial charge in [-0.25, -0.2) is 0 Å². The lowest BCUT2D eigenvalue weighted by Crippen LogP contribution is -2.53. The van der Waals surface area contributed by atoms with Crippen LogP contribution in [0.2, 0.25) is 0 Å². The molecule has 0 saturated carbocycles. The highest BCUT2D eigenvalue weighted by atomic mass is 16.2. The second kappa shape index (κ2) is 6.39. The van der Waals surface area contributed by atoms with Crippen molar-refractivity contribution in [3.8, 4) is 0 Å². The van der Waals surface area contributed by atoms with E-state index in [0.717, 1.165) is 52.2 Å². The molecule has 1 aromatic carbocycles. The summed E-state index contributed by atoms with van der Waals surface area (Å²) >= 11 is 0. The molecule has 120 valence electrons. The number of amides is 1. The number of hydrogen-bond acceptors (Lipinski definition) is 3. The number of piperazine rings is 1. The minimum Gasteiger partial charge on any atom is -0.340 e. The molecule has 4 nitrogen and oxygen atoms in total. The summed E-state index contributed by atoms with van der Waals surface area (Å²) in [5.74, 6) is 0.299. The highest BCUT2D eigenvalue weighted by Gasteiger charge is 2.34. The van der Waals surface area contributed by atoms with Crippen molar-refractivity contribution < 1.29 is 4.79 Å². The Labute approximate surface area is 133 Å². The number of fused-ring (bicyclic) bond motifs is 1. The lowest BCUT2D eigenvalue weighted by atomic mass is 9.89. The highest BCUT2D eigenvalue weighted by molar-refractivity contribution is 5.82. The third-order valence-electron chi connectivity index (χ3n) is 4.81. The summed E-state index contributed by atoms with van der Waals surface area (Å²) in [6, 6.07) is 8.67. The van der Waals surface area contributed by atoms with Crippen molar-refractivity contribution in [1.82, 2.24) is 15.1 Å². The summed E-state index contributed by atoms with van der Waals surface area (Å²) in [5, 5.41) is 3.31. The van der Waals surface area contributed by atoms with Gasteiger partial charge < -0.3 is 10.2 Å². The Morgan fingerprint density at radius 2 is 1.82 bits per heavy atom. The lowest BCUT2D eigenvalue weighted by molar-refractivity contribution is -0.142. The van der Waals surface area contributed by atoms with Gasteiger partial charge in [0.15, 0.2) is 0 Å². The number of nitrogens with zero attached hydrogens (tertiary/aromatic N) is 2. The van der Waals surface area contributed by atoms with Crippen molar-refractivity contribution in [3.63, 3.8) is 0 Å². The van der Waals surface area contributed by atoms with Crippen molar-refractivity contribution in [2.24, 2.45) is 5.41 Å². The maximum absolute atomic E-state index is 12.8. The molecule has 1 N–H and O–H groups in total. The van der Waals surface area contributed by atoms with Gasteiger partial charge in [0.05, 0.1) is 5.41 Å². The molecule has 2 aliphatic rings. The van der Waals surface area contributed by atoms with Crippen LogP contribution in [0.4, 0.5) is 0 Å². The van der Waals surface area contributed by atoms with Crippen molar-refractivity contribution in [3.05, 3.63) is 35.4 Å². The molecule has 1 amide bonds. The quantitative estimate of drug-likeness (QED) is 0.919. The molecule has 2 heterocycles. The zero-order chi connectivity index (χ0) is 15.6. The summed E-state index contributed by atoms with van der Waals surface area (Å²) in [5.41, 5.74) is 2.56. The van der Waals surface area contributed by atoms with Crippen LogP contribution in [0.5, 0.6) is 0 Å². The van der Waals surface area contributed by atoms with E-state index in [4.69, 9.17) is 0 Å². The van der Waals surface area contributed by atoms with E-state index in [2.05, 4.69) is 48.3 Å². The topological polar surface area (TPSA) is 35.6 Å². The van der Waals surface area contributed by atoms with Crippen LogP contribution < -0.4 is 5.32 Å². The molecule has 0 radical (unpaired) electrons. The van der Waals surface area contributed by atoms with Crippen LogP contribution >= 0.6 is 0 Å². The first-order valence-electron chi connectivity index (χ1n) is 8.35. The van der Waals surface area contributed by atoms with Gasteiger partial charge in [-0.05, 0) is 31.4 Å². The highest BCUT2D eigenvalue weighted by Crippen LogP contribution is 2.25. The number of carbonyl (C=O) groups excluding carboxylic acids is 1. The van der Waals surface area contributed by atoms with Gasteiger partial charge in [-0.1, -0.05) is 24.3 Å². The minimum absolute atomic E-state index is 0.299. The molecule has 0 spiro atoms. The maximum Gasteiger partial charge on any atom is 0.229 e. The van der Waals surface area contributed by atoms with E-state index >= 15 is 0 Å². The van der Waals surface area contributed by atoms with Crippen molar-refractivity contribution in [2.45, 2.75) is 26.8 Å². The van der Waals surface area contributed by atoms with Gasteiger partial charge in [-0.15, -0.1) is 0 Å². The first kappa shape index (κ1) is 15.5. The van der Waals surface area contributed by atoms with Crippen LogP contribution in [0.1, 0.15) is 25.0 Å². The second-order valence-corrected chi connectivity index (χ2v) is 7.16. The van der Waals surface area contributed by atoms with Gasteiger partial charge >= 0.3 is 0 Å². The molecule has 1 aromatic rings. The minimum atomic E-state index is -0.316. The summed E-state index contributed by atoms with van der Waals surface area (Å²) in [6.07, 6.45) is 1.09. The molecule has 0 unspecified atom stereocenters. The van der Waals surface area contributed by atoms with E-state index in [1.807, 2.05) is 4.90 Å². The molecular formula is C18H27N3O. The van der Waals surface area contributed by atoms with Gasteiger partial charge in [0, 0.05) is 45.8 Å². The fourth-order valence-electron chi connectivity index (χ4n) is 3.61. The van der Waals surface area contributed by atoms with Gasteiger partial charge in [0.2, 0.25) is 5.91 Å². The Bertz CT molecular complexity index is 535. The van der Waals surface area contributed by atoms with Crippen LogP contribution in [-0.4, -0.2) is 55.0 Å². The predicted octanol–water partition coefficient (Wildman–Crippen LogP) is 1.50. The van der Waals surface area contributed by atoms with E-state index < -0.39 is 0 Å². The van der Waals surface area contributed by atoms with E-state index in [1.165, 1.54) is 11.1 Å². The number of carbonyl (C=O) groups is 1. The number of rotatable bonds is 3. The summed E-state index contributed by atoms with van der Waals surface area (Å²) in [7, 11) is 0. The van der Waals surface area contributed by atoms with Gasteiger partial charge in [0.25, 0.3) is 0 Å². The molecule has 0 aliphatic carbocycles. The van der Waals surface area contributed by atoms with Crippen molar-refractivity contribution >= 4 is 5.91 Å². The van der Waals surface area contributed by atoms with Crippen molar-refractivity contribution in [1.29, 1.82) is 0 Å². The first-order valence-corrected chi connectivity index (χ1v) is 8.35. The Morgan fingerprint density at radius 3 is 2.55 bits per heavy atom. The van der Waals surface area contributed by atoms with E-state index in [1.54, 1.807) is 0 Å². The van der Waals surface area contributed by atoms with Crippen LogP contribution in [-0.2, 0) is 17.8 Å². The third kappa shape index (κ3) is 3.33. The molecule has 0 bridgehead atoms. The normalized spacial score (nSPS) is 19.8. The molecule has 0 aromatic heterocycles. The second-order valence-electron chi connectivity index (χ2n) is 7.16. The van der Waals surface area contributed by atoms with E-state index in [-0.39, 0.29) is 5.41 Å². The van der Waals surface area contributed by atoms with Gasteiger partial charge in [-0.3, -0.25) is 9.69 Å². The van der Waals surface area contributed by atoms with Gasteiger partial charge in [-0.2, -0.15) is 0 Å². The summed E-state index contributed by atoms with van der Waals surface area (Å²) in [6.45, 7) is 10.6. The average molecular weight is 301 g/mol. The molecule has 2 aliphatic heterocycles. The fraction of sp³-hybridized carbons (Fsp3) is 0.611. The molecule has 0 atom stereocenters. The van der Waals surface area contributed by atoms with Crippen LogP contribution in [0.15, 0.2) is 24.3 Å². The summed E-state index contributed by atoms with van der Waals surface area (Å²) in [4.78, 5) is 17.3. The largest absolute Gasteiger partial charge is 0.340 e. The average Bonchev–Trinajstić information content (AvgIpc) is 2.54. The van der Waals surface area contributed by atoms with Gasteiger partial charge in [0.1, 0.15) is 0 Å². The zero-order valence-electron chi connectivity index (χ0n) is 13.8. The number of benzene rings is 1. The lowest BCUT2D eigenvalue weighted by Gasteiger charge is -2.39. The molecule has 1 saturated heterocycles. The van der Waals surface area contributed by atoms with Crippen LogP contribution in [0.3, 0.4) is 0 Å².